The summed E-state index contributed by atoms with van der Waals surface area (Å²) in [6, 6.07) is 18.2. The van der Waals surface area contributed by atoms with Crippen molar-refractivity contribution < 1.29 is 13.9 Å². The average Bonchev–Trinajstić information content (AvgIpc) is 3.14. The predicted octanol–water partition coefficient (Wildman–Crippen LogP) is 6.01. The first-order valence-corrected chi connectivity index (χ1v) is 9.81. The molecule has 0 radical (unpaired) electrons. The van der Waals surface area contributed by atoms with E-state index in [1.807, 2.05) is 36.4 Å². The number of oxazole rings is 1. The van der Waals surface area contributed by atoms with Gasteiger partial charge in [-0.1, -0.05) is 23.7 Å². The summed E-state index contributed by atoms with van der Waals surface area (Å²) in [5.41, 5.74) is 3.08. The molecular weight excluding hydrogens is 491 g/mol. The maximum atomic E-state index is 12.8. The van der Waals surface area contributed by atoms with E-state index >= 15 is 0 Å². The van der Waals surface area contributed by atoms with Crippen LogP contribution in [-0.4, -0.2) is 18.0 Å². The molecule has 0 aliphatic rings. The Kier molecular flexibility index (Phi) is 5.23. The van der Waals surface area contributed by atoms with Crippen LogP contribution in [0.5, 0.6) is 5.75 Å². The van der Waals surface area contributed by atoms with E-state index in [0.717, 1.165) is 14.7 Å². The number of benzene rings is 3. The summed E-state index contributed by atoms with van der Waals surface area (Å²) < 4.78 is 12.1. The highest BCUT2D eigenvalue weighted by atomic mass is 127. The molecule has 4 aromatic rings. The number of hydrogen-bond donors (Lipinski definition) is 1. The molecule has 140 valence electrons. The van der Waals surface area contributed by atoms with E-state index in [0.29, 0.717) is 33.5 Å². The van der Waals surface area contributed by atoms with Crippen LogP contribution in [0.25, 0.3) is 22.6 Å². The minimum Gasteiger partial charge on any atom is -0.495 e. The van der Waals surface area contributed by atoms with Gasteiger partial charge >= 0.3 is 0 Å². The third-order valence-corrected chi connectivity index (χ3v) is 5.16. The van der Waals surface area contributed by atoms with Gasteiger partial charge in [0.05, 0.1) is 23.4 Å². The highest BCUT2D eigenvalue weighted by Gasteiger charge is 2.16. The number of aromatic nitrogens is 1. The predicted molar refractivity (Wildman–Crippen MR) is 118 cm³/mol. The fourth-order valence-corrected chi connectivity index (χ4v) is 3.49. The molecule has 1 amide bonds. The van der Waals surface area contributed by atoms with Gasteiger partial charge in [0.2, 0.25) is 5.89 Å². The Labute approximate surface area is 179 Å². The van der Waals surface area contributed by atoms with Crippen LogP contribution in [0.3, 0.4) is 0 Å². The smallest absolute Gasteiger partial charge is 0.257 e. The number of hydrogen-bond acceptors (Lipinski definition) is 4. The Bertz CT molecular complexity index is 1160. The number of halogens is 2. The summed E-state index contributed by atoms with van der Waals surface area (Å²) in [4.78, 5) is 17.3. The van der Waals surface area contributed by atoms with Gasteiger partial charge in [-0.15, -0.1) is 0 Å². The number of nitrogens with zero attached hydrogens (tertiary/aromatic N) is 1. The first-order chi connectivity index (χ1) is 13.5. The number of amides is 1. The number of nitrogens with one attached hydrogen (secondary N) is 1. The van der Waals surface area contributed by atoms with E-state index in [4.69, 9.17) is 20.8 Å². The molecule has 0 saturated carbocycles. The zero-order valence-electron chi connectivity index (χ0n) is 14.7. The molecule has 7 heteroatoms. The first kappa shape index (κ1) is 18.8. The molecule has 0 saturated heterocycles. The monoisotopic (exact) mass is 504 g/mol. The molecule has 0 fully saturated rings. The van der Waals surface area contributed by atoms with Crippen molar-refractivity contribution in [2.45, 2.75) is 0 Å². The number of fused-ring (bicyclic) bond motifs is 1. The maximum absolute atomic E-state index is 12.8. The van der Waals surface area contributed by atoms with Crippen LogP contribution < -0.4 is 10.1 Å². The molecule has 0 unspecified atom stereocenters. The molecule has 1 heterocycles. The van der Waals surface area contributed by atoms with Crippen LogP contribution in [0, 0.1) is 3.57 Å². The zero-order chi connectivity index (χ0) is 19.7. The number of rotatable bonds is 4. The van der Waals surface area contributed by atoms with Crippen LogP contribution >= 0.6 is 34.2 Å². The second kappa shape index (κ2) is 7.81. The molecule has 0 atom stereocenters. The van der Waals surface area contributed by atoms with Gasteiger partial charge in [-0.3, -0.25) is 4.79 Å². The lowest BCUT2D eigenvalue weighted by molar-refractivity contribution is 0.102. The van der Waals surface area contributed by atoms with Gasteiger partial charge in [0.1, 0.15) is 11.3 Å². The van der Waals surface area contributed by atoms with Crippen molar-refractivity contribution in [2.24, 2.45) is 0 Å². The highest BCUT2D eigenvalue weighted by Crippen LogP contribution is 2.32. The van der Waals surface area contributed by atoms with Crippen LogP contribution in [0.4, 0.5) is 5.69 Å². The molecule has 1 N–H and O–H groups in total. The van der Waals surface area contributed by atoms with Crippen molar-refractivity contribution in [3.63, 3.8) is 0 Å². The van der Waals surface area contributed by atoms with Gasteiger partial charge in [0, 0.05) is 9.13 Å². The second-order valence-electron chi connectivity index (χ2n) is 5.98. The number of anilines is 1. The highest BCUT2D eigenvalue weighted by molar-refractivity contribution is 14.1. The lowest BCUT2D eigenvalue weighted by Gasteiger charge is -2.12. The minimum absolute atomic E-state index is 0.323. The van der Waals surface area contributed by atoms with E-state index in [1.54, 1.807) is 31.4 Å². The van der Waals surface area contributed by atoms with Crippen molar-refractivity contribution in [1.29, 1.82) is 0 Å². The van der Waals surface area contributed by atoms with E-state index in [2.05, 4.69) is 32.9 Å². The van der Waals surface area contributed by atoms with Crippen LogP contribution in [0.2, 0.25) is 5.02 Å². The Hall–Kier alpha value is -2.58. The van der Waals surface area contributed by atoms with E-state index in [-0.39, 0.29) is 5.91 Å². The van der Waals surface area contributed by atoms with Crippen molar-refractivity contribution in [1.82, 2.24) is 4.98 Å². The third kappa shape index (κ3) is 3.70. The number of para-hydroxylation sites is 2. The molecule has 0 aliphatic heterocycles. The minimum atomic E-state index is -0.323. The molecule has 0 spiro atoms. The number of carbonyl (C=O) groups is 1. The molecule has 0 bridgehead atoms. The summed E-state index contributed by atoms with van der Waals surface area (Å²) in [5, 5.41) is 3.25. The molecule has 1 aromatic heterocycles. The largest absolute Gasteiger partial charge is 0.495 e. The molecule has 5 nitrogen and oxygen atoms in total. The third-order valence-electron chi connectivity index (χ3n) is 4.16. The maximum Gasteiger partial charge on any atom is 0.257 e. The summed E-state index contributed by atoms with van der Waals surface area (Å²) in [7, 11) is 1.54. The van der Waals surface area contributed by atoms with Crippen molar-refractivity contribution in [3.05, 3.63) is 74.8 Å². The van der Waals surface area contributed by atoms with Crippen LogP contribution in [-0.2, 0) is 0 Å². The Morgan fingerprint density at radius 1 is 1.14 bits per heavy atom. The average molecular weight is 505 g/mol. The van der Waals surface area contributed by atoms with Gasteiger partial charge in [0.15, 0.2) is 5.58 Å². The van der Waals surface area contributed by atoms with Gasteiger partial charge in [0.25, 0.3) is 5.91 Å². The Morgan fingerprint density at radius 3 is 2.75 bits per heavy atom. The number of methoxy groups -OCH3 is 1. The summed E-state index contributed by atoms with van der Waals surface area (Å²) in [6.07, 6.45) is 0. The normalized spacial score (nSPS) is 10.8. The molecule has 3 aromatic carbocycles. The standard InChI is InChI=1S/C21H14ClIN2O3/c1-27-18-9-6-12(21-25-16-4-2-3-5-19(16)28-21)10-17(18)24-20(26)14-11-13(23)7-8-15(14)22/h2-11H,1H3,(H,24,26). The van der Waals surface area contributed by atoms with Crippen molar-refractivity contribution in [3.8, 4) is 17.2 Å². The Morgan fingerprint density at radius 2 is 1.96 bits per heavy atom. The van der Waals surface area contributed by atoms with Gasteiger partial charge in [-0.25, -0.2) is 4.98 Å². The lowest BCUT2D eigenvalue weighted by atomic mass is 10.1. The SMILES string of the molecule is COc1ccc(-c2nc3ccccc3o2)cc1NC(=O)c1cc(I)ccc1Cl. The Balaban J connectivity index is 1.71. The quantitative estimate of drug-likeness (QED) is 0.346. The van der Waals surface area contributed by atoms with Gasteiger partial charge in [-0.2, -0.15) is 0 Å². The van der Waals surface area contributed by atoms with E-state index in [9.17, 15) is 4.79 Å². The van der Waals surface area contributed by atoms with Crippen LogP contribution in [0.15, 0.2) is 65.1 Å². The molecular formula is C21H14ClIN2O3. The fraction of sp³-hybridized carbons (Fsp3) is 0.0476. The topological polar surface area (TPSA) is 64.4 Å². The zero-order valence-corrected chi connectivity index (χ0v) is 17.6. The summed E-state index contributed by atoms with van der Waals surface area (Å²) in [6.45, 7) is 0. The molecule has 28 heavy (non-hydrogen) atoms. The first-order valence-electron chi connectivity index (χ1n) is 8.35. The second-order valence-corrected chi connectivity index (χ2v) is 7.63. The number of ether oxygens (including phenoxy) is 1. The fourth-order valence-electron chi connectivity index (χ4n) is 2.80. The van der Waals surface area contributed by atoms with Gasteiger partial charge < -0.3 is 14.5 Å². The van der Waals surface area contributed by atoms with E-state index < -0.39 is 0 Å². The summed E-state index contributed by atoms with van der Waals surface area (Å²) in [5.74, 6) is 0.665. The van der Waals surface area contributed by atoms with Gasteiger partial charge in [-0.05, 0) is 71.1 Å². The van der Waals surface area contributed by atoms with Crippen LogP contribution in [0.1, 0.15) is 10.4 Å². The summed E-state index contributed by atoms with van der Waals surface area (Å²) >= 11 is 8.32. The molecule has 4 rings (SSSR count). The van der Waals surface area contributed by atoms with Crippen molar-refractivity contribution >= 4 is 56.9 Å². The number of carbonyl (C=O) groups excluding carboxylic acids is 1. The lowest BCUT2D eigenvalue weighted by Crippen LogP contribution is -2.13. The van der Waals surface area contributed by atoms with E-state index in [1.165, 1.54) is 0 Å². The molecule has 0 aliphatic carbocycles. The van der Waals surface area contributed by atoms with Crippen molar-refractivity contribution in [2.75, 3.05) is 12.4 Å².